The molecule has 5 rings (SSSR count). The number of carbonyl (C=O) groups is 1. The van der Waals surface area contributed by atoms with E-state index in [0.717, 1.165) is 37.2 Å². The fourth-order valence-corrected chi connectivity index (χ4v) is 5.67. The highest BCUT2D eigenvalue weighted by atomic mass is 35.5. The van der Waals surface area contributed by atoms with Gasteiger partial charge in [-0.3, -0.25) is 10.2 Å². The molecular weight excluding hydrogens is 480 g/mol. The van der Waals surface area contributed by atoms with Gasteiger partial charge in [0.25, 0.3) is 0 Å². The van der Waals surface area contributed by atoms with Crippen molar-refractivity contribution in [2.75, 3.05) is 13.2 Å². The van der Waals surface area contributed by atoms with E-state index < -0.39 is 12.0 Å². The van der Waals surface area contributed by atoms with Crippen molar-refractivity contribution in [2.24, 2.45) is 23.6 Å². The Hall–Kier alpha value is -2.59. The zero-order valence-electron chi connectivity index (χ0n) is 20.5. The minimum Gasteiger partial charge on any atom is -0.385 e. The van der Waals surface area contributed by atoms with Crippen LogP contribution in [0.4, 0.5) is 0 Å². The molecule has 1 aromatic carbocycles. The number of rotatable bonds is 6. The maximum absolute atomic E-state index is 12.4. The molecule has 0 spiro atoms. The van der Waals surface area contributed by atoms with Crippen LogP contribution >= 0.6 is 11.6 Å². The average molecular weight is 513 g/mol. The number of amides is 1. The minimum absolute atomic E-state index is 0.0371. The summed E-state index contributed by atoms with van der Waals surface area (Å²) in [5, 5.41) is 12.1. The number of nitrogens with one attached hydrogen (secondary N) is 1. The van der Waals surface area contributed by atoms with Crippen LogP contribution in [0.2, 0.25) is 5.02 Å². The van der Waals surface area contributed by atoms with Gasteiger partial charge in [-0.25, -0.2) is 20.8 Å². The Morgan fingerprint density at radius 3 is 2.64 bits per heavy atom. The summed E-state index contributed by atoms with van der Waals surface area (Å²) in [6.07, 6.45) is 5.37. The molecule has 9 nitrogen and oxygen atoms in total. The number of carbonyl (C=O) groups excluding carboxylic acids is 1. The monoisotopic (exact) mass is 512 g/mol. The SMILES string of the molecule is CC1CCC(Cn2c(C(O)C3CCOCC3)nc3nc(C(=O)NN)nc(-c4cccc(Cl)c4)c32)CC1. The second kappa shape index (κ2) is 10.8. The molecule has 1 amide bonds. The Morgan fingerprint density at radius 2 is 1.94 bits per heavy atom. The van der Waals surface area contributed by atoms with Gasteiger partial charge in [-0.1, -0.05) is 43.5 Å². The van der Waals surface area contributed by atoms with Crippen LogP contribution in [0, 0.1) is 17.8 Å². The number of imidazole rings is 1. The Morgan fingerprint density at radius 1 is 1.19 bits per heavy atom. The van der Waals surface area contributed by atoms with Gasteiger partial charge >= 0.3 is 5.91 Å². The van der Waals surface area contributed by atoms with E-state index in [-0.39, 0.29) is 11.7 Å². The number of hydrogen-bond acceptors (Lipinski definition) is 7. The molecule has 1 saturated heterocycles. The predicted octanol–water partition coefficient (Wildman–Crippen LogP) is 4.04. The third kappa shape index (κ3) is 5.11. The number of nitrogens with two attached hydrogens (primary N) is 1. The first-order valence-electron chi connectivity index (χ1n) is 12.8. The summed E-state index contributed by atoms with van der Waals surface area (Å²) in [4.78, 5) is 26.3. The topological polar surface area (TPSA) is 128 Å². The van der Waals surface area contributed by atoms with E-state index >= 15 is 0 Å². The van der Waals surface area contributed by atoms with Crippen LogP contribution < -0.4 is 11.3 Å². The first kappa shape index (κ1) is 25.1. The van der Waals surface area contributed by atoms with E-state index in [1.807, 2.05) is 18.2 Å². The highest BCUT2D eigenvalue weighted by Crippen LogP contribution is 2.37. The summed E-state index contributed by atoms with van der Waals surface area (Å²) in [5.41, 5.74) is 4.46. The molecule has 3 heterocycles. The number of aliphatic hydroxyl groups is 1. The Balaban J connectivity index is 1.69. The lowest BCUT2D eigenvalue weighted by Crippen LogP contribution is -2.31. The lowest BCUT2D eigenvalue weighted by molar-refractivity contribution is 0.00228. The molecule has 1 unspecified atom stereocenters. The van der Waals surface area contributed by atoms with Gasteiger partial charge in [0.1, 0.15) is 23.1 Å². The van der Waals surface area contributed by atoms with Crippen LogP contribution in [-0.4, -0.2) is 43.7 Å². The number of nitrogens with zero attached hydrogens (tertiary/aromatic N) is 4. The largest absolute Gasteiger partial charge is 0.385 e. The number of aliphatic hydroxyl groups excluding tert-OH is 1. The van der Waals surface area contributed by atoms with Crippen molar-refractivity contribution >= 4 is 28.7 Å². The van der Waals surface area contributed by atoms with Gasteiger partial charge in [0.2, 0.25) is 5.82 Å². The van der Waals surface area contributed by atoms with Crippen molar-refractivity contribution in [3.8, 4) is 11.3 Å². The van der Waals surface area contributed by atoms with E-state index in [2.05, 4.69) is 26.9 Å². The van der Waals surface area contributed by atoms with Gasteiger partial charge in [-0.2, -0.15) is 0 Å². The molecule has 36 heavy (non-hydrogen) atoms. The molecule has 0 radical (unpaired) electrons. The second-order valence-corrected chi connectivity index (χ2v) is 10.6. The fraction of sp³-hybridized carbons (Fsp3) is 0.538. The lowest BCUT2D eigenvalue weighted by Gasteiger charge is -2.30. The summed E-state index contributed by atoms with van der Waals surface area (Å²) in [5.74, 6) is 6.50. The van der Waals surface area contributed by atoms with Crippen molar-refractivity contribution < 1.29 is 14.6 Å². The van der Waals surface area contributed by atoms with Gasteiger partial charge in [0.05, 0.1) is 0 Å². The standard InChI is InChI=1S/C26H33ClN6O3/c1-15-5-7-16(8-6-15)14-33-21-20(18-3-2-4-19(27)13-18)29-24(26(35)32-28)30-23(21)31-25(33)22(34)17-9-11-36-12-10-17/h2-4,13,15-17,22,34H,5-12,14,28H2,1H3,(H,32,35). The Kier molecular flexibility index (Phi) is 7.52. The zero-order valence-corrected chi connectivity index (χ0v) is 21.2. The van der Waals surface area contributed by atoms with Crippen LogP contribution in [-0.2, 0) is 11.3 Å². The molecule has 1 saturated carbocycles. The molecule has 4 N–H and O–H groups in total. The first-order valence-corrected chi connectivity index (χ1v) is 13.1. The molecule has 1 aliphatic heterocycles. The molecule has 1 atom stereocenters. The molecule has 0 bridgehead atoms. The number of benzene rings is 1. The quantitative estimate of drug-likeness (QED) is 0.258. The summed E-state index contributed by atoms with van der Waals surface area (Å²) in [7, 11) is 0. The number of hydrazine groups is 1. The van der Waals surface area contributed by atoms with Crippen LogP contribution in [0.25, 0.3) is 22.4 Å². The molecule has 1 aliphatic carbocycles. The van der Waals surface area contributed by atoms with Gasteiger partial charge < -0.3 is 14.4 Å². The van der Waals surface area contributed by atoms with E-state index in [1.165, 1.54) is 12.8 Å². The fourth-order valence-electron chi connectivity index (χ4n) is 5.48. The van der Waals surface area contributed by atoms with Crippen molar-refractivity contribution in [3.05, 3.63) is 40.9 Å². The summed E-state index contributed by atoms with van der Waals surface area (Å²) >= 11 is 6.32. The molecule has 2 fully saturated rings. The molecule has 192 valence electrons. The molecule has 10 heteroatoms. The number of halogens is 1. The maximum atomic E-state index is 12.4. The van der Waals surface area contributed by atoms with Crippen molar-refractivity contribution in [1.82, 2.24) is 24.9 Å². The van der Waals surface area contributed by atoms with Gasteiger partial charge in [0.15, 0.2) is 5.65 Å². The minimum atomic E-state index is -0.774. The smallest absolute Gasteiger partial charge is 0.303 e. The van der Waals surface area contributed by atoms with E-state index in [4.69, 9.17) is 27.2 Å². The van der Waals surface area contributed by atoms with Gasteiger partial charge in [-0.05, 0) is 55.6 Å². The van der Waals surface area contributed by atoms with Crippen LogP contribution in [0.15, 0.2) is 24.3 Å². The highest BCUT2D eigenvalue weighted by molar-refractivity contribution is 6.30. The molecule has 3 aromatic rings. The van der Waals surface area contributed by atoms with Crippen molar-refractivity contribution in [2.45, 2.75) is 58.1 Å². The number of hydrogen-bond donors (Lipinski definition) is 3. The van der Waals surface area contributed by atoms with E-state index in [9.17, 15) is 9.90 Å². The summed E-state index contributed by atoms with van der Waals surface area (Å²) in [6.45, 7) is 4.25. The zero-order chi connectivity index (χ0) is 25.2. The third-order valence-corrected chi connectivity index (χ3v) is 7.85. The van der Waals surface area contributed by atoms with Crippen molar-refractivity contribution in [1.29, 1.82) is 0 Å². The first-order chi connectivity index (χ1) is 17.4. The molecular formula is C26H33ClN6O3. The predicted molar refractivity (Wildman–Crippen MR) is 137 cm³/mol. The Labute approximate surface area is 215 Å². The summed E-state index contributed by atoms with van der Waals surface area (Å²) < 4.78 is 7.61. The maximum Gasteiger partial charge on any atom is 0.303 e. The number of nitrogen functional groups attached to an aromatic ring is 1. The van der Waals surface area contributed by atoms with E-state index in [0.29, 0.717) is 53.4 Å². The van der Waals surface area contributed by atoms with Crippen molar-refractivity contribution in [3.63, 3.8) is 0 Å². The van der Waals surface area contributed by atoms with Crippen LogP contribution in [0.5, 0.6) is 0 Å². The van der Waals surface area contributed by atoms with Crippen LogP contribution in [0.3, 0.4) is 0 Å². The summed E-state index contributed by atoms with van der Waals surface area (Å²) in [6, 6.07) is 7.33. The second-order valence-electron chi connectivity index (χ2n) is 10.2. The highest BCUT2D eigenvalue weighted by Gasteiger charge is 2.32. The Bertz CT molecular complexity index is 1230. The average Bonchev–Trinajstić information content (AvgIpc) is 3.27. The van der Waals surface area contributed by atoms with Crippen LogP contribution in [0.1, 0.15) is 68.0 Å². The molecule has 2 aromatic heterocycles. The molecule has 2 aliphatic rings. The number of ether oxygens (including phenoxy) is 1. The third-order valence-electron chi connectivity index (χ3n) is 7.62. The number of fused-ring (bicyclic) bond motifs is 1. The number of aromatic nitrogens is 4. The normalized spacial score (nSPS) is 22.0. The van der Waals surface area contributed by atoms with Gasteiger partial charge in [0, 0.05) is 30.3 Å². The van der Waals surface area contributed by atoms with E-state index in [1.54, 1.807) is 6.07 Å². The lowest BCUT2D eigenvalue weighted by atomic mass is 9.83. The van der Waals surface area contributed by atoms with Gasteiger partial charge in [-0.15, -0.1) is 0 Å².